The Kier molecular flexibility index (Phi) is 5.03. The van der Waals surface area contributed by atoms with Crippen LogP contribution >= 0.6 is 11.3 Å². The number of rotatable bonds is 5. The van der Waals surface area contributed by atoms with Gasteiger partial charge in [0.15, 0.2) is 0 Å². The summed E-state index contributed by atoms with van der Waals surface area (Å²) in [4.78, 5) is 8.39. The van der Waals surface area contributed by atoms with Gasteiger partial charge in [0.2, 0.25) is 0 Å². The van der Waals surface area contributed by atoms with Crippen molar-refractivity contribution >= 4 is 11.3 Å². The van der Waals surface area contributed by atoms with E-state index in [1.807, 2.05) is 24.4 Å². The first-order valence-electron chi connectivity index (χ1n) is 8.82. The quantitative estimate of drug-likeness (QED) is 0.889. The highest BCUT2D eigenvalue weighted by Crippen LogP contribution is 2.36. The van der Waals surface area contributed by atoms with Crippen LogP contribution in [0.2, 0.25) is 0 Å². The molecule has 1 aromatic heterocycles. The summed E-state index contributed by atoms with van der Waals surface area (Å²) in [7, 11) is 1.68. The lowest BCUT2D eigenvalue weighted by atomic mass is 10.1. The molecule has 1 aliphatic heterocycles. The molecule has 1 aromatic carbocycles. The zero-order chi connectivity index (χ0) is 17.2. The minimum absolute atomic E-state index is 0.269. The fourth-order valence-corrected chi connectivity index (χ4v) is 4.88. The average Bonchev–Trinajstić information content (AvgIpc) is 3.29. The van der Waals surface area contributed by atoms with E-state index in [0.29, 0.717) is 12.0 Å². The molecule has 4 rings (SSSR count). The number of aromatic nitrogens is 1. The number of morpholine rings is 1. The summed E-state index contributed by atoms with van der Waals surface area (Å²) in [6.07, 6.45) is 4.28. The first-order chi connectivity index (χ1) is 12.3. The van der Waals surface area contributed by atoms with Gasteiger partial charge in [-0.1, -0.05) is 12.1 Å². The topological polar surface area (TPSA) is 54.8 Å². The Bertz CT molecular complexity index is 720. The van der Waals surface area contributed by atoms with Crippen LogP contribution in [0.25, 0.3) is 10.6 Å². The Hall–Kier alpha value is -1.47. The van der Waals surface area contributed by atoms with E-state index in [1.165, 1.54) is 4.88 Å². The molecule has 1 aliphatic carbocycles. The predicted octanol–water partition coefficient (Wildman–Crippen LogP) is 2.79. The summed E-state index contributed by atoms with van der Waals surface area (Å²) in [5.74, 6) is 1.23. The Balaban J connectivity index is 1.47. The lowest BCUT2D eigenvalue weighted by molar-refractivity contribution is -0.0587. The van der Waals surface area contributed by atoms with Crippen LogP contribution < -0.4 is 4.74 Å². The molecule has 2 aromatic rings. The van der Waals surface area contributed by atoms with Crippen LogP contribution in [0.4, 0.5) is 0 Å². The van der Waals surface area contributed by atoms with E-state index in [0.717, 1.165) is 48.9 Å². The van der Waals surface area contributed by atoms with Gasteiger partial charge in [-0.2, -0.15) is 0 Å². The smallest absolute Gasteiger partial charge is 0.123 e. The largest absolute Gasteiger partial charge is 0.497 e. The maximum absolute atomic E-state index is 9.47. The van der Waals surface area contributed by atoms with Crippen LogP contribution in [0.5, 0.6) is 5.75 Å². The van der Waals surface area contributed by atoms with Crippen molar-refractivity contribution in [1.29, 1.82) is 0 Å². The molecular formula is C19H24N2O3S. The number of hydrogen-bond acceptors (Lipinski definition) is 6. The lowest BCUT2D eigenvalue weighted by Gasteiger charge is -2.37. The molecule has 1 N–H and O–H groups in total. The van der Waals surface area contributed by atoms with Gasteiger partial charge in [0.25, 0.3) is 0 Å². The number of aliphatic hydroxyl groups excluding tert-OH is 1. The van der Waals surface area contributed by atoms with Crippen molar-refractivity contribution in [2.24, 2.45) is 5.92 Å². The van der Waals surface area contributed by atoms with Gasteiger partial charge < -0.3 is 14.6 Å². The van der Waals surface area contributed by atoms with Gasteiger partial charge in [-0.25, -0.2) is 4.98 Å². The molecule has 25 heavy (non-hydrogen) atoms. The van der Waals surface area contributed by atoms with E-state index in [2.05, 4.69) is 16.0 Å². The first kappa shape index (κ1) is 17.0. The van der Waals surface area contributed by atoms with E-state index in [1.54, 1.807) is 18.4 Å². The number of fused-ring (bicyclic) bond motifs is 1. The standard InChI is InChI=1S/C19H24N2O3S/c1-23-15-4-2-3-14(9-15)19-20-10-16(25-19)11-21-5-6-24-18-8-13(12-22)7-17(18)21/h2-4,9-10,13,17-18,22H,5-8,11-12H2,1H3/t13-,17+,18?/m1/s1. The van der Waals surface area contributed by atoms with Gasteiger partial charge in [-0.15, -0.1) is 11.3 Å². The number of hydrogen-bond donors (Lipinski definition) is 1. The van der Waals surface area contributed by atoms with E-state index < -0.39 is 0 Å². The molecule has 0 amide bonds. The second kappa shape index (κ2) is 7.41. The number of aliphatic hydroxyl groups is 1. The van der Waals surface area contributed by atoms with Gasteiger partial charge in [0, 0.05) is 42.4 Å². The molecule has 0 bridgehead atoms. The monoisotopic (exact) mass is 360 g/mol. The van der Waals surface area contributed by atoms with Crippen LogP contribution in [0.15, 0.2) is 30.5 Å². The van der Waals surface area contributed by atoms with Gasteiger partial charge in [-0.05, 0) is 30.9 Å². The summed E-state index contributed by atoms with van der Waals surface area (Å²) in [5.41, 5.74) is 1.09. The van der Waals surface area contributed by atoms with E-state index in [4.69, 9.17) is 9.47 Å². The second-order valence-corrected chi connectivity index (χ2v) is 7.95. The first-order valence-corrected chi connectivity index (χ1v) is 9.64. The predicted molar refractivity (Wildman–Crippen MR) is 97.8 cm³/mol. The van der Waals surface area contributed by atoms with Crippen molar-refractivity contribution in [1.82, 2.24) is 9.88 Å². The van der Waals surface area contributed by atoms with Crippen LogP contribution in [-0.2, 0) is 11.3 Å². The average molecular weight is 360 g/mol. The molecule has 1 unspecified atom stereocenters. The molecule has 3 atom stereocenters. The molecule has 2 heterocycles. The van der Waals surface area contributed by atoms with Gasteiger partial charge >= 0.3 is 0 Å². The summed E-state index contributed by atoms with van der Waals surface area (Å²) in [5, 5.41) is 10.5. The Morgan fingerprint density at radius 1 is 1.40 bits per heavy atom. The lowest BCUT2D eigenvalue weighted by Crippen LogP contribution is -2.47. The summed E-state index contributed by atoms with van der Waals surface area (Å²) < 4.78 is 11.2. The fourth-order valence-electron chi connectivity index (χ4n) is 3.94. The summed E-state index contributed by atoms with van der Waals surface area (Å²) in [6, 6.07) is 8.46. The van der Waals surface area contributed by atoms with Gasteiger partial charge in [0.05, 0.1) is 19.8 Å². The second-order valence-electron chi connectivity index (χ2n) is 6.83. The van der Waals surface area contributed by atoms with Crippen molar-refractivity contribution in [2.75, 3.05) is 26.9 Å². The number of thiazole rings is 1. The number of nitrogens with zero attached hydrogens (tertiary/aromatic N) is 2. The molecule has 0 radical (unpaired) electrons. The highest BCUT2D eigenvalue weighted by molar-refractivity contribution is 7.15. The molecular weight excluding hydrogens is 336 g/mol. The number of ether oxygens (including phenoxy) is 2. The van der Waals surface area contributed by atoms with Crippen LogP contribution in [-0.4, -0.2) is 54.0 Å². The van der Waals surface area contributed by atoms with E-state index >= 15 is 0 Å². The third-order valence-electron chi connectivity index (χ3n) is 5.24. The van der Waals surface area contributed by atoms with Crippen molar-refractivity contribution in [3.63, 3.8) is 0 Å². The van der Waals surface area contributed by atoms with Crippen molar-refractivity contribution in [3.8, 4) is 16.3 Å². The molecule has 5 nitrogen and oxygen atoms in total. The maximum atomic E-state index is 9.47. The molecule has 1 saturated heterocycles. The molecule has 2 fully saturated rings. The minimum Gasteiger partial charge on any atom is -0.497 e. The molecule has 1 saturated carbocycles. The summed E-state index contributed by atoms with van der Waals surface area (Å²) in [6.45, 7) is 2.90. The molecule has 0 spiro atoms. The highest BCUT2D eigenvalue weighted by atomic mass is 32.1. The minimum atomic E-state index is 0.269. The van der Waals surface area contributed by atoms with E-state index in [-0.39, 0.29) is 12.7 Å². The maximum Gasteiger partial charge on any atom is 0.123 e. The van der Waals surface area contributed by atoms with Crippen molar-refractivity contribution in [2.45, 2.75) is 31.5 Å². The van der Waals surface area contributed by atoms with Crippen molar-refractivity contribution in [3.05, 3.63) is 35.3 Å². The Morgan fingerprint density at radius 3 is 3.16 bits per heavy atom. The number of benzene rings is 1. The van der Waals surface area contributed by atoms with Crippen LogP contribution in [0.3, 0.4) is 0 Å². The molecule has 6 heteroatoms. The third-order valence-corrected chi connectivity index (χ3v) is 6.27. The van der Waals surface area contributed by atoms with Crippen LogP contribution in [0.1, 0.15) is 17.7 Å². The number of methoxy groups -OCH3 is 1. The normalized spacial score (nSPS) is 26.6. The highest BCUT2D eigenvalue weighted by Gasteiger charge is 2.40. The zero-order valence-corrected chi connectivity index (χ0v) is 15.2. The summed E-state index contributed by atoms with van der Waals surface area (Å²) >= 11 is 1.74. The molecule has 2 aliphatic rings. The Morgan fingerprint density at radius 2 is 2.32 bits per heavy atom. The van der Waals surface area contributed by atoms with Crippen molar-refractivity contribution < 1.29 is 14.6 Å². The van der Waals surface area contributed by atoms with E-state index in [9.17, 15) is 5.11 Å². The SMILES string of the molecule is COc1cccc(-c2ncc(CN3CCOC4C[C@H](CO)C[C@@H]43)s2)c1. The van der Waals surface area contributed by atoms with Crippen LogP contribution in [0, 0.1) is 5.92 Å². The Labute approximate surface area is 152 Å². The van der Waals surface area contributed by atoms with Gasteiger partial charge in [0.1, 0.15) is 10.8 Å². The molecule has 134 valence electrons. The third kappa shape index (κ3) is 3.58. The zero-order valence-electron chi connectivity index (χ0n) is 14.4. The van der Waals surface area contributed by atoms with Gasteiger partial charge in [-0.3, -0.25) is 4.90 Å². The fraction of sp³-hybridized carbons (Fsp3) is 0.526.